The van der Waals surface area contributed by atoms with Crippen molar-refractivity contribution in [3.05, 3.63) is 29.8 Å². The SMILES string of the molecule is CCCCCCOC(=O)CCCC(=O)NCCc1ccc(OC)cc1. The Morgan fingerprint density at radius 2 is 1.76 bits per heavy atom. The van der Waals surface area contributed by atoms with Gasteiger partial charge in [0.1, 0.15) is 5.75 Å². The third kappa shape index (κ3) is 10.4. The van der Waals surface area contributed by atoms with Gasteiger partial charge in [-0.2, -0.15) is 0 Å². The number of ether oxygens (including phenoxy) is 2. The Hall–Kier alpha value is -2.04. The van der Waals surface area contributed by atoms with E-state index in [1.54, 1.807) is 7.11 Å². The zero-order valence-corrected chi connectivity index (χ0v) is 15.5. The Kier molecular flexibility index (Phi) is 11.2. The van der Waals surface area contributed by atoms with Gasteiger partial charge in [0.2, 0.25) is 5.91 Å². The lowest BCUT2D eigenvalue weighted by atomic mass is 10.1. The number of nitrogens with one attached hydrogen (secondary N) is 1. The van der Waals surface area contributed by atoms with Crippen molar-refractivity contribution in [3.63, 3.8) is 0 Å². The molecule has 0 heterocycles. The third-order valence-electron chi connectivity index (χ3n) is 3.94. The lowest BCUT2D eigenvalue weighted by Crippen LogP contribution is -2.25. The van der Waals surface area contributed by atoms with E-state index in [4.69, 9.17) is 9.47 Å². The van der Waals surface area contributed by atoms with E-state index in [9.17, 15) is 9.59 Å². The second-order valence-electron chi connectivity index (χ2n) is 6.08. The summed E-state index contributed by atoms with van der Waals surface area (Å²) < 4.78 is 10.3. The van der Waals surface area contributed by atoms with Crippen LogP contribution in [0, 0.1) is 0 Å². The Balaban J connectivity index is 2.03. The molecule has 5 heteroatoms. The molecule has 0 saturated heterocycles. The number of hydrogen-bond acceptors (Lipinski definition) is 4. The van der Waals surface area contributed by atoms with E-state index in [0.29, 0.717) is 32.4 Å². The number of esters is 1. The molecule has 0 spiro atoms. The van der Waals surface area contributed by atoms with Crippen LogP contribution in [0.4, 0.5) is 0 Å². The van der Waals surface area contributed by atoms with E-state index in [2.05, 4.69) is 12.2 Å². The molecule has 0 fully saturated rings. The van der Waals surface area contributed by atoms with Crippen LogP contribution in [0.3, 0.4) is 0 Å². The van der Waals surface area contributed by atoms with Gasteiger partial charge in [0.15, 0.2) is 0 Å². The number of methoxy groups -OCH3 is 1. The molecular formula is C20H31NO4. The van der Waals surface area contributed by atoms with E-state index >= 15 is 0 Å². The van der Waals surface area contributed by atoms with Crippen molar-refractivity contribution in [2.45, 2.75) is 58.3 Å². The maximum absolute atomic E-state index is 11.8. The van der Waals surface area contributed by atoms with Crippen molar-refractivity contribution in [2.75, 3.05) is 20.3 Å². The molecule has 1 amide bonds. The molecule has 0 aliphatic heterocycles. The average molecular weight is 349 g/mol. The van der Waals surface area contributed by atoms with Crippen LogP contribution in [-0.2, 0) is 20.7 Å². The first kappa shape index (κ1) is 21.0. The van der Waals surface area contributed by atoms with Gasteiger partial charge in [0, 0.05) is 19.4 Å². The highest BCUT2D eigenvalue weighted by atomic mass is 16.5. The van der Waals surface area contributed by atoms with Gasteiger partial charge in [-0.15, -0.1) is 0 Å². The minimum atomic E-state index is -0.206. The highest BCUT2D eigenvalue weighted by molar-refractivity contribution is 5.77. The molecule has 0 radical (unpaired) electrons. The van der Waals surface area contributed by atoms with Crippen molar-refractivity contribution in [3.8, 4) is 5.75 Å². The van der Waals surface area contributed by atoms with Gasteiger partial charge in [-0.3, -0.25) is 9.59 Å². The molecule has 0 bridgehead atoms. The maximum atomic E-state index is 11.8. The molecular weight excluding hydrogens is 318 g/mol. The van der Waals surface area contributed by atoms with Crippen LogP contribution in [0.2, 0.25) is 0 Å². The average Bonchev–Trinajstić information content (AvgIpc) is 2.62. The minimum Gasteiger partial charge on any atom is -0.497 e. The summed E-state index contributed by atoms with van der Waals surface area (Å²) in [7, 11) is 1.64. The number of amides is 1. The smallest absolute Gasteiger partial charge is 0.305 e. The van der Waals surface area contributed by atoms with Crippen LogP contribution in [-0.4, -0.2) is 32.1 Å². The van der Waals surface area contributed by atoms with E-state index in [1.807, 2.05) is 24.3 Å². The Morgan fingerprint density at radius 3 is 2.44 bits per heavy atom. The second-order valence-corrected chi connectivity index (χ2v) is 6.08. The normalized spacial score (nSPS) is 10.3. The quantitative estimate of drug-likeness (QED) is 0.436. The van der Waals surface area contributed by atoms with E-state index in [0.717, 1.165) is 30.6 Å². The van der Waals surface area contributed by atoms with Gasteiger partial charge < -0.3 is 14.8 Å². The Morgan fingerprint density at radius 1 is 1.00 bits per heavy atom. The largest absolute Gasteiger partial charge is 0.497 e. The summed E-state index contributed by atoms with van der Waals surface area (Å²) >= 11 is 0. The fourth-order valence-electron chi connectivity index (χ4n) is 2.41. The Labute approximate surface area is 151 Å². The zero-order valence-electron chi connectivity index (χ0n) is 15.5. The van der Waals surface area contributed by atoms with Crippen molar-refractivity contribution in [1.82, 2.24) is 5.32 Å². The number of carbonyl (C=O) groups is 2. The lowest BCUT2D eigenvalue weighted by molar-refractivity contribution is -0.143. The molecule has 0 aromatic heterocycles. The highest BCUT2D eigenvalue weighted by Crippen LogP contribution is 2.11. The minimum absolute atomic E-state index is 0.0238. The number of rotatable bonds is 13. The molecule has 0 atom stereocenters. The fraction of sp³-hybridized carbons (Fsp3) is 0.600. The zero-order chi connectivity index (χ0) is 18.3. The standard InChI is InChI=1S/C20H31NO4/c1-3-4-5-6-16-25-20(23)9-7-8-19(22)21-15-14-17-10-12-18(24-2)13-11-17/h10-13H,3-9,14-16H2,1-2H3,(H,21,22). The van der Waals surface area contributed by atoms with Crippen molar-refractivity contribution < 1.29 is 19.1 Å². The summed E-state index contributed by atoms with van der Waals surface area (Å²) in [6, 6.07) is 7.79. The number of hydrogen-bond donors (Lipinski definition) is 1. The third-order valence-corrected chi connectivity index (χ3v) is 3.94. The number of benzene rings is 1. The molecule has 0 aliphatic rings. The predicted octanol–water partition coefficient (Wildman–Crippen LogP) is 3.65. The molecule has 1 aromatic rings. The van der Waals surface area contributed by atoms with E-state index in [-0.39, 0.29) is 11.9 Å². The Bertz CT molecular complexity index is 499. The van der Waals surface area contributed by atoms with Gasteiger partial charge >= 0.3 is 5.97 Å². The summed E-state index contributed by atoms with van der Waals surface area (Å²) in [5.41, 5.74) is 1.15. The predicted molar refractivity (Wildman–Crippen MR) is 98.7 cm³/mol. The molecule has 1 rings (SSSR count). The van der Waals surface area contributed by atoms with Crippen LogP contribution in [0.15, 0.2) is 24.3 Å². The summed E-state index contributed by atoms with van der Waals surface area (Å²) in [6.07, 6.45) is 6.33. The van der Waals surface area contributed by atoms with Crippen LogP contribution in [0.25, 0.3) is 0 Å². The molecule has 0 unspecified atom stereocenters. The van der Waals surface area contributed by atoms with E-state index < -0.39 is 0 Å². The molecule has 0 saturated carbocycles. The molecule has 25 heavy (non-hydrogen) atoms. The summed E-state index contributed by atoms with van der Waals surface area (Å²) in [4.78, 5) is 23.3. The van der Waals surface area contributed by atoms with Crippen LogP contribution in [0.5, 0.6) is 5.75 Å². The first-order valence-corrected chi connectivity index (χ1v) is 9.21. The topological polar surface area (TPSA) is 64.6 Å². The maximum Gasteiger partial charge on any atom is 0.305 e. The van der Waals surface area contributed by atoms with Crippen molar-refractivity contribution in [2.24, 2.45) is 0 Å². The van der Waals surface area contributed by atoms with Gasteiger partial charge in [-0.25, -0.2) is 0 Å². The molecule has 1 N–H and O–H groups in total. The molecule has 0 aliphatic carbocycles. The summed E-state index contributed by atoms with van der Waals surface area (Å²) in [6.45, 7) is 3.23. The lowest BCUT2D eigenvalue weighted by Gasteiger charge is -2.07. The van der Waals surface area contributed by atoms with Crippen molar-refractivity contribution >= 4 is 11.9 Å². The second kappa shape index (κ2) is 13.3. The first-order chi connectivity index (χ1) is 12.2. The number of unbranched alkanes of at least 4 members (excludes halogenated alkanes) is 3. The summed E-state index contributed by atoms with van der Waals surface area (Å²) in [5, 5.41) is 2.88. The van der Waals surface area contributed by atoms with Gasteiger partial charge in [0.05, 0.1) is 13.7 Å². The van der Waals surface area contributed by atoms with Crippen molar-refractivity contribution in [1.29, 1.82) is 0 Å². The molecule has 5 nitrogen and oxygen atoms in total. The molecule has 1 aromatic carbocycles. The fourth-order valence-corrected chi connectivity index (χ4v) is 2.41. The summed E-state index contributed by atoms with van der Waals surface area (Å²) in [5.74, 6) is 0.594. The highest BCUT2D eigenvalue weighted by Gasteiger charge is 2.06. The van der Waals surface area contributed by atoms with Crippen LogP contribution in [0.1, 0.15) is 57.4 Å². The van der Waals surface area contributed by atoms with Gasteiger partial charge in [-0.1, -0.05) is 38.3 Å². The molecule has 140 valence electrons. The number of carbonyl (C=O) groups excluding carboxylic acids is 2. The van der Waals surface area contributed by atoms with Gasteiger partial charge in [-0.05, 0) is 37.0 Å². The van der Waals surface area contributed by atoms with Gasteiger partial charge in [0.25, 0.3) is 0 Å². The van der Waals surface area contributed by atoms with Crippen LogP contribution < -0.4 is 10.1 Å². The first-order valence-electron chi connectivity index (χ1n) is 9.21. The monoisotopic (exact) mass is 349 g/mol. The van der Waals surface area contributed by atoms with Crippen LogP contribution >= 0.6 is 0 Å². The van der Waals surface area contributed by atoms with E-state index in [1.165, 1.54) is 12.8 Å².